The maximum absolute atomic E-state index is 13.0. The Morgan fingerprint density at radius 3 is 2.62 bits per heavy atom. The highest BCUT2D eigenvalue weighted by atomic mass is 35.5. The van der Waals surface area contributed by atoms with Crippen LogP contribution in [-0.4, -0.2) is 82.9 Å². The second-order valence-electron chi connectivity index (χ2n) is 9.35. The highest BCUT2D eigenvalue weighted by Crippen LogP contribution is 2.27. The molecule has 196 valence electrons. The maximum Gasteiger partial charge on any atom is 0.330 e. The van der Waals surface area contributed by atoms with Crippen LogP contribution in [-0.2, 0) is 32.5 Å². The fourth-order valence-corrected chi connectivity index (χ4v) is 6.55. The number of hydrogen-bond acceptors (Lipinski definition) is 7. The van der Waals surface area contributed by atoms with Crippen molar-refractivity contribution in [3.63, 3.8) is 0 Å². The van der Waals surface area contributed by atoms with E-state index in [4.69, 9.17) is 16.3 Å². The summed E-state index contributed by atoms with van der Waals surface area (Å²) in [5.74, 6) is -0.780. The molecule has 37 heavy (non-hydrogen) atoms. The lowest BCUT2D eigenvalue weighted by atomic mass is 10.0. The van der Waals surface area contributed by atoms with Crippen molar-refractivity contribution in [2.75, 3.05) is 26.0 Å². The number of nitrogens with zero attached hydrogens (tertiary/aromatic N) is 4. The summed E-state index contributed by atoms with van der Waals surface area (Å²) in [4.78, 5) is 33.4. The lowest BCUT2D eigenvalue weighted by molar-refractivity contribution is -0.140. The zero-order valence-corrected chi connectivity index (χ0v) is 21.8. The molecule has 2 aliphatic heterocycles. The normalized spacial score (nSPS) is 17.4. The largest absolute Gasteiger partial charge is 0.382 e. The average molecular weight is 547 g/mol. The number of sulfone groups is 1. The molecule has 12 heteroatoms. The van der Waals surface area contributed by atoms with Crippen LogP contribution in [0.25, 0.3) is 10.8 Å². The Labute approximate surface area is 219 Å². The van der Waals surface area contributed by atoms with Crippen molar-refractivity contribution >= 4 is 44.1 Å². The number of methoxy groups -OCH3 is 1. The predicted octanol–water partition coefficient (Wildman–Crippen LogP) is 2.45. The number of likely N-dealkylation sites (tertiary alicyclic amines) is 1. The van der Waals surface area contributed by atoms with Gasteiger partial charge in [0.15, 0.2) is 9.84 Å². The number of benzene rings is 2. The van der Waals surface area contributed by atoms with E-state index in [1.54, 1.807) is 47.0 Å². The van der Waals surface area contributed by atoms with Gasteiger partial charge in [-0.2, -0.15) is 0 Å². The van der Waals surface area contributed by atoms with Crippen LogP contribution < -0.4 is 0 Å². The van der Waals surface area contributed by atoms with Gasteiger partial charge >= 0.3 is 6.03 Å². The van der Waals surface area contributed by atoms with Gasteiger partial charge in [-0.05, 0) is 47.9 Å². The number of carbonyl (C=O) groups excluding carboxylic acids is 2. The quantitative estimate of drug-likeness (QED) is 0.483. The van der Waals surface area contributed by atoms with Gasteiger partial charge in [-0.3, -0.25) is 4.79 Å². The summed E-state index contributed by atoms with van der Waals surface area (Å²) in [5, 5.41) is 12.6. The Hall–Kier alpha value is -2.99. The van der Waals surface area contributed by atoms with E-state index in [1.165, 1.54) is 17.0 Å². The number of carbonyl (C=O) groups is 2. The topological polar surface area (TPSA) is 122 Å². The molecule has 0 aliphatic carbocycles. The number of halogens is 1. The van der Waals surface area contributed by atoms with E-state index in [-0.39, 0.29) is 23.6 Å². The minimum Gasteiger partial charge on any atom is -0.382 e. The van der Waals surface area contributed by atoms with Gasteiger partial charge in [0.2, 0.25) is 0 Å². The maximum atomic E-state index is 13.0. The van der Waals surface area contributed by atoms with E-state index in [0.717, 1.165) is 11.1 Å². The second kappa shape index (κ2) is 10.1. The molecule has 1 atom stereocenters. The zero-order valence-electron chi connectivity index (χ0n) is 20.2. The first-order chi connectivity index (χ1) is 17.7. The standard InChI is InChI=1S/C25H27ClN4O6S/c1-36-14-23-27-12-20-13-29(25(33)30(20)23)19-6-8-28(9-7-19)24(32)22(31)15-37(34,35)21-5-3-16-10-18(26)4-2-17(16)11-21/h2-5,10-12,19,22,31H,6-9,13-15H2,1H3/t22-/m1/s1. The second-order valence-corrected chi connectivity index (χ2v) is 11.8. The molecule has 0 unspecified atom stereocenters. The van der Waals surface area contributed by atoms with Crippen LogP contribution in [0.2, 0.25) is 5.02 Å². The lowest BCUT2D eigenvalue weighted by Crippen LogP contribution is -2.50. The summed E-state index contributed by atoms with van der Waals surface area (Å²) in [6.07, 6.45) is 1.05. The molecule has 0 radical (unpaired) electrons. The van der Waals surface area contributed by atoms with E-state index < -0.39 is 27.6 Å². The monoisotopic (exact) mass is 546 g/mol. The first-order valence-electron chi connectivity index (χ1n) is 11.9. The van der Waals surface area contributed by atoms with Crippen molar-refractivity contribution in [2.45, 2.75) is 43.0 Å². The molecule has 1 saturated heterocycles. The molecule has 5 rings (SSSR count). The number of piperidine rings is 1. The third kappa shape index (κ3) is 4.96. The van der Waals surface area contributed by atoms with Crippen LogP contribution in [0.4, 0.5) is 4.79 Å². The summed E-state index contributed by atoms with van der Waals surface area (Å²) in [6.45, 7) is 1.31. The number of hydrogen-bond donors (Lipinski definition) is 1. The SMILES string of the molecule is COCc1ncc2n1C(=O)N(C1CCN(C(=O)[C@H](O)CS(=O)(=O)c3ccc4cc(Cl)ccc4c3)CC1)C2. The van der Waals surface area contributed by atoms with Gasteiger partial charge < -0.3 is 19.6 Å². The minimum atomic E-state index is -3.91. The fraction of sp³-hybridized carbons (Fsp3) is 0.400. The van der Waals surface area contributed by atoms with Crippen molar-refractivity contribution in [1.29, 1.82) is 0 Å². The Kier molecular flexibility index (Phi) is 6.97. The number of aliphatic hydroxyl groups is 1. The van der Waals surface area contributed by atoms with Crippen molar-refractivity contribution in [3.8, 4) is 0 Å². The number of fused-ring (bicyclic) bond motifs is 2. The number of rotatable bonds is 7. The first kappa shape index (κ1) is 25.7. The number of ether oxygens (including phenoxy) is 1. The number of aliphatic hydroxyl groups excluding tert-OH is 1. The van der Waals surface area contributed by atoms with Crippen LogP contribution in [0.5, 0.6) is 0 Å². The molecule has 2 aromatic carbocycles. The minimum absolute atomic E-state index is 0.0339. The third-order valence-corrected chi connectivity index (χ3v) is 8.92. The van der Waals surface area contributed by atoms with Crippen LogP contribution >= 0.6 is 11.6 Å². The summed E-state index contributed by atoms with van der Waals surface area (Å²) in [5.41, 5.74) is 0.799. The van der Waals surface area contributed by atoms with E-state index in [9.17, 15) is 23.1 Å². The fourth-order valence-electron chi connectivity index (χ4n) is 5.03. The Balaban J connectivity index is 1.19. The molecule has 1 N–H and O–H groups in total. The van der Waals surface area contributed by atoms with Gasteiger partial charge in [-0.25, -0.2) is 22.8 Å². The van der Waals surface area contributed by atoms with E-state index in [2.05, 4.69) is 4.98 Å². The van der Waals surface area contributed by atoms with Gasteiger partial charge in [0.05, 0.1) is 29.1 Å². The molecule has 0 bridgehead atoms. The van der Waals surface area contributed by atoms with Gasteiger partial charge in [0, 0.05) is 31.3 Å². The predicted molar refractivity (Wildman–Crippen MR) is 136 cm³/mol. The Morgan fingerprint density at radius 2 is 1.89 bits per heavy atom. The molecule has 2 amide bonds. The van der Waals surface area contributed by atoms with Crippen LogP contribution in [0.15, 0.2) is 47.5 Å². The number of amides is 2. The summed E-state index contributed by atoms with van der Waals surface area (Å²) in [7, 11) is -2.37. The summed E-state index contributed by atoms with van der Waals surface area (Å²) >= 11 is 5.99. The van der Waals surface area contributed by atoms with Crippen LogP contribution in [0.3, 0.4) is 0 Å². The molecule has 2 aliphatic rings. The molecule has 1 aromatic heterocycles. The van der Waals surface area contributed by atoms with Gasteiger partial charge in [0.1, 0.15) is 18.5 Å². The molecule has 1 fully saturated rings. The lowest BCUT2D eigenvalue weighted by Gasteiger charge is -2.37. The molecule has 3 heterocycles. The zero-order chi connectivity index (χ0) is 26.3. The van der Waals surface area contributed by atoms with Crippen LogP contribution in [0.1, 0.15) is 24.4 Å². The van der Waals surface area contributed by atoms with Gasteiger partial charge in [0.25, 0.3) is 5.91 Å². The molecule has 10 nitrogen and oxygen atoms in total. The average Bonchev–Trinajstić information content (AvgIpc) is 3.43. The molecular weight excluding hydrogens is 520 g/mol. The number of aromatic nitrogens is 2. The van der Waals surface area contributed by atoms with Gasteiger partial charge in [-0.1, -0.05) is 23.7 Å². The third-order valence-electron chi connectivity index (χ3n) is 6.96. The summed E-state index contributed by atoms with van der Waals surface area (Å²) in [6, 6.07) is 9.51. The van der Waals surface area contributed by atoms with E-state index in [1.807, 2.05) is 0 Å². The molecule has 0 saturated carbocycles. The Bertz CT molecular complexity index is 1470. The smallest absolute Gasteiger partial charge is 0.330 e. The van der Waals surface area contributed by atoms with E-state index in [0.29, 0.717) is 48.7 Å². The summed E-state index contributed by atoms with van der Waals surface area (Å²) < 4.78 is 32.6. The highest BCUT2D eigenvalue weighted by Gasteiger charge is 2.38. The van der Waals surface area contributed by atoms with Gasteiger partial charge in [-0.15, -0.1) is 0 Å². The number of imidazole rings is 1. The molecular formula is C25H27ClN4O6S. The highest BCUT2D eigenvalue weighted by molar-refractivity contribution is 7.91. The van der Waals surface area contributed by atoms with Crippen LogP contribution in [0, 0.1) is 0 Å². The van der Waals surface area contributed by atoms with E-state index >= 15 is 0 Å². The first-order valence-corrected chi connectivity index (χ1v) is 14.0. The molecule has 3 aromatic rings. The van der Waals surface area contributed by atoms with Crippen molar-refractivity contribution < 1.29 is 27.9 Å². The molecule has 0 spiro atoms. The van der Waals surface area contributed by atoms with Crippen molar-refractivity contribution in [3.05, 3.63) is 59.1 Å². The Morgan fingerprint density at radius 1 is 1.19 bits per heavy atom. The van der Waals surface area contributed by atoms with Crippen molar-refractivity contribution in [1.82, 2.24) is 19.4 Å². The van der Waals surface area contributed by atoms with Crippen molar-refractivity contribution in [2.24, 2.45) is 0 Å².